The van der Waals surface area contributed by atoms with E-state index in [1.165, 1.54) is 5.56 Å². The van der Waals surface area contributed by atoms with E-state index in [0.717, 1.165) is 19.6 Å². The van der Waals surface area contributed by atoms with Crippen LogP contribution >= 0.6 is 0 Å². The van der Waals surface area contributed by atoms with Crippen LogP contribution in [0.1, 0.15) is 19.4 Å². The molecule has 16 heavy (non-hydrogen) atoms. The van der Waals surface area contributed by atoms with E-state index in [1.807, 2.05) is 0 Å². The van der Waals surface area contributed by atoms with E-state index in [9.17, 15) is 0 Å². The molecule has 1 aliphatic heterocycles. The predicted octanol–water partition coefficient (Wildman–Crippen LogP) is 2.10. The Morgan fingerprint density at radius 2 is 1.94 bits per heavy atom. The van der Waals surface area contributed by atoms with Gasteiger partial charge in [0.1, 0.15) is 0 Å². The Bertz CT molecular complexity index is 321. The molecule has 1 saturated heterocycles. The highest BCUT2D eigenvalue weighted by Crippen LogP contribution is 2.24. The highest BCUT2D eigenvalue weighted by molar-refractivity contribution is 5.14. The molecule has 1 aliphatic rings. The maximum Gasteiger partial charge on any atom is 0.0234 e. The molecule has 1 fully saturated rings. The molecular formula is C14H22N2. The van der Waals surface area contributed by atoms with Gasteiger partial charge in [-0.1, -0.05) is 44.2 Å². The summed E-state index contributed by atoms with van der Waals surface area (Å²) in [4.78, 5) is 2.48. The summed E-state index contributed by atoms with van der Waals surface area (Å²) >= 11 is 0. The fourth-order valence-electron chi connectivity index (χ4n) is 2.62. The average molecular weight is 218 g/mol. The Morgan fingerprint density at radius 3 is 2.50 bits per heavy atom. The smallest absolute Gasteiger partial charge is 0.0234 e. The van der Waals surface area contributed by atoms with Gasteiger partial charge in [-0.25, -0.2) is 0 Å². The van der Waals surface area contributed by atoms with E-state index < -0.39 is 0 Å². The van der Waals surface area contributed by atoms with E-state index in [4.69, 9.17) is 5.73 Å². The maximum atomic E-state index is 6.18. The summed E-state index contributed by atoms with van der Waals surface area (Å²) in [6.07, 6.45) is 0. The van der Waals surface area contributed by atoms with Crippen LogP contribution in [-0.2, 0) is 6.54 Å². The number of hydrogen-bond acceptors (Lipinski definition) is 2. The minimum Gasteiger partial charge on any atom is -0.326 e. The van der Waals surface area contributed by atoms with Crippen molar-refractivity contribution in [3.63, 3.8) is 0 Å². The third-order valence-corrected chi connectivity index (χ3v) is 3.59. The fraction of sp³-hybridized carbons (Fsp3) is 0.571. The van der Waals surface area contributed by atoms with Crippen LogP contribution in [0.5, 0.6) is 0 Å². The molecular weight excluding hydrogens is 196 g/mol. The molecule has 2 atom stereocenters. The highest BCUT2D eigenvalue weighted by atomic mass is 15.2. The summed E-state index contributed by atoms with van der Waals surface area (Å²) in [6, 6.07) is 11.0. The molecule has 0 saturated carbocycles. The summed E-state index contributed by atoms with van der Waals surface area (Å²) in [5, 5.41) is 0. The van der Waals surface area contributed by atoms with Crippen molar-refractivity contribution < 1.29 is 0 Å². The summed E-state index contributed by atoms with van der Waals surface area (Å²) in [5.74, 6) is 1.35. The molecule has 0 bridgehead atoms. The fourth-order valence-corrected chi connectivity index (χ4v) is 2.62. The van der Waals surface area contributed by atoms with E-state index in [2.05, 4.69) is 49.1 Å². The second kappa shape index (κ2) is 4.98. The Balaban J connectivity index is 1.94. The van der Waals surface area contributed by atoms with Crippen LogP contribution in [0.2, 0.25) is 0 Å². The van der Waals surface area contributed by atoms with E-state index in [0.29, 0.717) is 17.9 Å². The van der Waals surface area contributed by atoms with Gasteiger partial charge < -0.3 is 5.73 Å². The molecule has 1 aromatic carbocycles. The number of nitrogens with two attached hydrogens (primary N) is 1. The Kier molecular flexibility index (Phi) is 3.62. The van der Waals surface area contributed by atoms with Crippen LogP contribution in [0.15, 0.2) is 30.3 Å². The average Bonchev–Trinajstić information content (AvgIpc) is 2.61. The molecule has 0 unspecified atom stereocenters. The van der Waals surface area contributed by atoms with Gasteiger partial charge in [-0.15, -0.1) is 0 Å². The lowest BCUT2D eigenvalue weighted by Gasteiger charge is -2.18. The summed E-state index contributed by atoms with van der Waals surface area (Å²) < 4.78 is 0. The van der Waals surface area contributed by atoms with Gasteiger partial charge in [-0.05, 0) is 17.4 Å². The van der Waals surface area contributed by atoms with Crippen molar-refractivity contribution in [2.24, 2.45) is 17.6 Å². The quantitative estimate of drug-likeness (QED) is 0.842. The second-order valence-electron chi connectivity index (χ2n) is 5.25. The first-order valence-electron chi connectivity index (χ1n) is 6.18. The number of nitrogens with zero attached hydrogens (tertiary/aromatic N) is 1. The van der Waals surface area contributed by atoms with Crippen molar-refractivity contribution in [3.05, 3.63) is 35.9 Å². The van der Waals surface area contributed by atoms with Gasteiger partial charge >= 0.3 is 0 Å². The van der Waals surface area contributed by atoms with Crippen LogP contribution < -0.4 is 5.73 Å². The van der Waals surface area contributed by atoms with Gasteiger partial charge in [-0.3, -0.25) is 4.90 Å². The van der Waals surface area contributed by atoms with Gasteiger partial charge in [0.2, 0.25) is 0 Å². The number of benzene rings is 1. The van der Waals surface area contributed by atoms with Crippen molar-refractivity contribution in [1.82, 2.24) is 4.90 Å². The monoisotopic (exact) mass is 218 g/mol. The minimum atomic E-state index is 0.351. The SMILES string of the molecule is CC(C)[C@H]1CN(Cc2ccccc2)C[C@@H]1N. The maximum absolute atomic E-state index is 6.18. The second-order valence-corrected chi connectivity index (χ2v) is 5.25. The van der Waals surface area contributed by atoms with Crippen LogP contribution in [0.3, 0.4) is 0 Å². The molecule has 88 valence electrons. The first-order chi connectivity index (χ1) is 7.66. The first kappa shape index (κ1) is 11.6. The molecule has 2 heteroatoms. The zero-order valence-electron chi connectivity index (χ0n) is 10.3. The molecule has 0 aromatic heterocycles. The summed E-state index contributed by atoms with van der Waals surface area (Å²) in [6.45, 7) is 7.77. The lowest BCUT2D eigenvalue weighted by atomic mass is 9.92. The molecule has 0 aliphatic carbocycles. The van der Waals surface area contributed by atoms with Crippen LogP contribution in [0.4, 0.5) is 0 Å². The van der Waals surface area contributed by atoms with Crippen molar-refractivity contribution in [1.29, 1.82) is 0 Å². The highest BCUT2D eigenvalue weighted by Gasteiger charge is 2.31. The van der Waals surface area contributed by atoms with Crippen molar-refractivity contribution in [3.8, 4) is 0 Å². The van der Waals surface area contributed by atoms with E-state index >= 15 is 0 Å². The third kappa shape index (κ3) is 2.63. The Morgan fingerprint density at radius 1 is 1.25 bits per heavy atom. The molecule has 0 radical (unpaired) electrons. The lowest BCUT2D eigenvalue weighted by molar-refractivity contribution is 0.296. The van der Waals surface area contributed by atoms with Gasteiger partial charge in [0.25, 0.3) is 0 Å². The van der Waals surface area contributed by atoms with Crippen molar-refractivity contribution >= 4 is 0 Å². The number of likely N-dealkylation sites (tertiary alicyclic amines) is 1. The summed E-state index contributed by atoms with van der Waals surface area (Å²) in [7, 11) is 0. The molecule has 0 spiro atoms. The van der Waals surface area contributed by atoms with Crippen LogP contribution in [0, 0.1) is 11.8 Å². The largest absolute Gasteiger partial charge is 0.326 e. The zero-order chi connectivity index (χ0) is 11.5. The van der Waals surface area contributed by atoms with Crippen molar-refractivity contribution in [2.45, 2.75) is 26.4 Å². The standard InChI is InChI=1S/C14H22N2/c1-11(2)13-9-16(10-14(13)15)8-12-6-4-3-5-7-12/h3-7,11,13-14H,8-10,15H2,1-2H3/t13-,14+/m1/s1. The Labute approximate surface area is 98.4 Å². The first-order valence-corrected chi connectivity index (χ1v) is 6.18. The van der Waals surface area contributed by atoms with Gasteiger partial charge in [-0.2, -0.15) is 0 Å². The van der Waals surface area contributed by atoms with E-state index in [-0.39, 0.29) is 0 Å². The van der Waals surface area contributed by atoms with E-state index in [1.54, 1.807) is 0 Å². The minimum absolute atomic E-state index is 0.351. The molecule has 2 rings (SSSR count). The van der Waals surface area contributed by atoms with Crippen LogP contribution in [0.25, 0.3) is 0 Å². The van der Waals surface area contributed by atoms with Crippen molar-refractivity contribution in [2.75, 3.05) is 13.1 Å². The number of rotatable bonds is 3. The number of hydrogen-bond donors (Lipinski definition) is 1. The molecule has 2 N–H and O–H groups in total. The normalized spacial score (nSPS) is 26.5. The zero-order valence-corrected chi connectivity index (χ0v) is 10.3. The van der Waals surface area contributed by atoms with Gasteiger partial charge in [0.05, 0.1) is 0 Å². The lowest BCUT2D eigenvalue weighted by Crippen LogP contribution is -2.32. The third-order valence-electron chi connectivity index (χ3n) is 3.59. The van der Waals surface area contributed by atoms with Crippen LogP contribution in [-0.4, -0.2) is 24.0 Å². The van der Waals surface area contributed by atoms with Gasteiger partial charge in [0.15, 0.2) is 0 Å². The molecule has 1 aromatic rings. The molecule has 0 amide bonds. The molecule has 2 nitrogen and oxygen atoms in total. The molecule has 1 heterocycles. The topological polar surface area (TPSA) is 29.3 Å². The predicted molar refractivity (Wildman–Crippen MR) is 68.0 cm³/mol. The summed E-state index contributed by atoms with van der Waals surface area (Å²) in [5.41, 5.74) is 7.57. The van der Waals surface area contributed by atoms with Gasteiger partial charge in [0, 0.05) is 25.7 Å². The Hall–Kier alpha value is -0.860.